The van der Waals surface area contributed by atoms with Crippen molar-refractivity contribution >= 4 is 51.5 Å². The molecular weight excluding hydrogens is 501 g/mol. The number of fused-ring (bicyclic) bond motifs is 2. The molecule has 0 fully saturated rings. The first-order chi connectivity index (χ1) is 19.9. The highest BCUT2D eigenvalue weighted by molar-refractivity contribution is 6.98. The molecule has 5 nitrogen and oxygen atoms in total. The van der Waals surface area contributed by atoms with E-state index in [1.807, 2.05) is 0 Å². The number of hydrogen-bond donors (Lipinski definition) is 0. The Bertz CT molecular complexity index is 1690. The fourth-order valence-electron chi connectivity index (χ4n) is 6.79. The van der Waals surface area contributed by atoms with E-state index in [-0.39, 0.29) is 6.71 Å². The van der Waals surface area contributed by atoms with Gasteiger partial charge in [0.2, 0.25) is 6.71 Å². The second-order valence-electron chi connectivity index (χ2n) is 11.7. The standard InChI is InChI=1S/C35H36BN5/c1-25-19-26(2)35(27(3)20-25)41-33-12-7-6-11-31(33)36(28-9-8-10-29(21-28)39-17-15-37(4)23-39)32-22-30(13-14-34(32)41)40-18-16-38(5)24-40/h6-22H,23-24H2,1-5H3. The Morgan fingerprint density at radius 1 is 0.585 bits per heavy atom. The quantitative estimate of drug-likeness (QED) is 0.290. The third-order valence-electron chi connectivity index (χ3n) is 8.53. The van der Waals surface area contributed by atoms with Crippen LogP contribution in [-0.4, -0.2) is 43.9 Å². The highest BCUT2D eigenvalue weighted by Crippen LogP contribution is 2.41. The third-order valence-corrected chi connectivity index (χ3v) is 8.53. The Kier molecular flexibility index (Phi) is 6.08. The van der Waals surface area contributed by atoms with Crippen molar-refractivity contribution in [1.82, 2.24) is 9.80 Å². The van der Waals surface area contributed by atoms with E-state index in [1.165, 1.54) is 61.5 Å². The van der Waals surface area contributed by atoms with Gasteiger partial charge in [0.15, 0.2) is 0 Å². The van der Waals surface area contributed by atoms with Crippen LogP contribution in [-0.2, 0) is 0 Å². The number of hydrogen-bond acceptors (Lipinski definition) is 5. The van der Waals surface area contributed by atoms with E-state index in [0.717, 1.165) is 13.3 Å². The van der Waals surface area contributed by atoms with Gasteiger partial charge in [0, 0.05) is 61.6 Å². The molecule has 0 aliphatic carbocycles. The van der Waals surface area contributed by atoms with Crippen molar-refractivity contribution in [3.63, 3.8) is 0 Å². The molecular formula is C35H36BN5. The summed E-state index contributed by atoms with van der Waals surface area (Å²) in [5, 5.41) is 0. The summed E-state index contributed by atoms with van der Waals surface area (Å²) >= 11 is 0. The lowest BCUT2D eigenvalue weighted by molar-refractivity contribution is 0.496. The summed E-state index contributed by atoms with van der Waals surface area (Å²) in [5.74, 6) is 0. The van der Waals surface area contributed by atoms with Gasteiger partial charge in [0.05, 0.1) is 19.0 Å². The first-order valence-electron chi connectivity index (χ1n) is 14.4. The van der Waals surface area contributed by atoms with Gasteiger partial charge in [0.1, 0.15) is 0 Å². The van der Waals surface area contributed by atoms with E-state index in [4.69, 9.17) is 0 Å². The molecule has 0 saturated heterocycles. The predicted molar refractivity (Wildman–Crippen MR) is 175 cm³/mol. The van der Waals surface area contributed by atoms with Crippen molar-refractivity contribution in [2.75, 3.05) is 42.1 Å². The summed E-state index contributed by atoms with van der Waals surface area (Å²) in [6, 6.07) is 29.7. The molecule has 6 heteroatoms. The normalized spacial score (nSPS) is 15.7. The summed E-state index contributed by atoms with van der Waals surface area (Å²) in [6.45, 7) is 8.49. The summed E-state index contributed by atoms with van der Waals surface area (Å²) < 4.78 is 0. The fraction of sp³-hybridized carbons (Fsp3) is 0.200. The molecule has 3 aliphatic rings. The monoisotopic (exact) mass is 537 g/mol. The minimum Gasteiger partial charge on any atom is -0.361 e. The van der Waals surface area contributed by atoms with Crippen molar-refractivity contribution in [3.05, 3.63) is 120 Å². The first-order valence-corrected chi connectivity index (χ1v) is 14.4. The lowest BCUT2D eigenvalue weighted by atomic mass is 9.35. The van der Waals surface area contributed by atoms with Crippen LogP contribution < -0.4 is 31.1 Å². The van der Waals surface area contributed by atoms with E-state index in [0.29, 0.717) is 0 Å². The second-order valence-corrected chi connectivity index (χ2v) is 11.7. The van der Waals surface area contributed by atoms with E-state index in [2.05, 4.69) is 163 Å². The summed E-state index contributed by atoms with van der Waals surface area (Å²) in [7, 11) is 4.23. The topological polar surface area (TPSA) is 16.2 Å². The number of nitrogens with zero attached hydrogens (tertiary/aromatic N) is 5. The van der Waals surface area contributed by atoms with E-state index in [9.17, 15) is 0 Å². The number of benzene rings is 4. The highest BCUT2D eigenvalue weighted by Gasteiger charge is 2.36. The molecule has 7 rings (SSSR count). The van der Waals surface area contributed by atoms with Crippen molar-refractivity contribution in [3.8, 4) is 0 Å². The van der Waals surface area contributed by atoms with Gasteiger partial charge in [-0.05, 0) is 79.2 Å². The Balaban J connectivity index is 1.45. The van der Waals surface area contributed by atoms with Crippen LogP contribution in [0.2, 0.25) is 0 Å². The largest absolute Gasteiger partial charge is 0.361 e. The van der Waals surface area contributed by atoms with Crippen molar-refractivity contribution in [2.24, 2.45) is 0 Å². The zero-order valence-electron chi connectivity index (χ0n) is 24.5. The molecule has 0 aromatic heterocycles. The molecule has 41 heavy (non-hydrogen) atoms. The molecule has 0 atom stereocenters. The molecule has 0 spiro atoms. The minimum absolute atomic E-state index is 0.108. The van der Waals surface area contributed by atoms with Gasteiger partial charge in [-0.2, -0.15) is 0 Å². The van der Waals surface area contributed by atoms with E-state index < -0.39 is 0 Å². The van der Waals surface area contributed by atoms with Gasteiger partial charge in [-0.15, -0.1) is 0 Å². The average Bonchev–Trinajstić information content (AvgIpc) is 3.60. The van der Waals surface area contributed by atoms with Gasteiger partial charge >= 0.3 is 0 Å². The van der Waals surface area contributed by atoms with Crippen LogP contribution in [0.4, 0.5) is 28.4 Å². The maximum absolute atomic E-state index is 2.50. The maximum Gasteiger partial charge on any atom is 0.246 e. The van der Waals surface area contributed by atoms with Crippen molar-refractivity contribution in [2.45, 2.75) is 20.8 Å². The van der Waals surface area contributed by atoms with Crippen molar-refractivity contribution < 1.29 is 0 Å². The van der Waals surface area contributed by atoms with Crippen LogP contribution in [0.5, 0.6) is 0 Å². The first kappa shape index (κ1) is 25.4. The average molecular weight is 538 g/mol. The molecule has 3 heterocycles. The Labute approximate surface area is 244 Å². The highest BCUT2D eigenvalue weighted by atomic mass is 15.3. The summed E-state index contributed by atoms with van der Waals surface area (Å²) in [6.07, 6.45) is 8.62. The van der Waals surface area contributed by atoms with Gasteiger partial charge in [0.25, 0.3) is 0 Å². The van der Waals surface area contributed by atoms with Crippen LogP contribution in [0.1, 0.15) is 16.7 Å². The minimum atomic E-state index is 0.108. The molecule has 0 N–H and O–H groups in total. The van der Waals surface area contributed by atoms with Gasteiger partial charge in [-0.25, -0.2) is 0 Å². The van der Waals surface area contributed by atoms with Crippen LogP contribution >= 0.6 is 0 Å². The molecule has 0 bridgehead atoms. The third kappa shape index (κ3) is 4.35. The van der Waals surface area contributed by atoms with Crippen LogP contribution in [0.25, 0.3) is 0 Å². The van der Waals surface area contributed by atoms with Crippen LogP contribution in [0.15, 0.2) is 104 Å². The maximum atomic E-state index is 2.50. The Morgan fingerprint density at radius 3 is 1.88 bits per heavy atom. The Morgan fingerprint density at radius 2 is 1.22 bits per heavy atom. The molecule has 4 aromatic rings. The Hall–Kier alpha value is -4.58. The number of rotatable bonds is 4. The zero-order valence-corrected chi connectivity index (χ0v) is 24.5. The van der Waals surface area contributed by atoms with E-state index >= 15 is 0 Å². The number of para-hydroxylation sites is 1. The number of aryl methyl sites for hydroxylation is 3. The molecule has 0 amide bonds. The predicted octanol–water partition coefficient (Wildman–Crippen LogP) is 5.27. The molecule has 3 aliphatic heterocycles. The molecule has 204 valence electrons. The molecule has 0 saturated carbocycles. The lowest BCUT2D eigenvalue weighted by Gasteiger charge is -2.39. The SMILES string of the molecule is Cc1cc(C)c(N2c3ccccc3B(c3cccc(N4C=CN(C)C4)c3)c3cc(N4C=CN(C)C4)ccc32)c(C)c1. The van der Waals surface area contributed by atoms with Gasteiger partial charge in [-0.3, -0.25) is 0 Å². The number of anilines is 5. The van der Waals surface area contributed by atoms with Crippen LogP contribution in [0, 0.1) is 20.8 Å². The van der Waals surface area contributed by atoms with Crippen LogP contribution in [0.3, 0.4) is 0 Å². The van der Waals surface area contributed by atoms with Crippen molar-refractivity contribution in [1.29, 1.82) is 0 Å². The molecule has 0 radical (unpaired) electrons. The van der Waals surface area contributed by atoms with E-state index in [1.54, 1.807) is 0 Å². The lowest BCUT2D eigenvalue weighted by Crippen LogP contribution is -2.57. The summed E-state index contributed by atoms with van der Waals surface area (Å²) in [4.78, 5) is 11.6. The smallest absolute Gasteiger partial charge is 0.246 e. The second kappa shape index (κ2) is 9.81. The fourth-order valence-corrected chi connectivity index (χ4v) is 6.79. The molecule has 4 aromatic carbocycles. The molecule has 0 unspecified atom stereocenters. The zero-order chi connectivity index (χ0) is 28.2. The van der Waals surface area contributed by atoms with Gasteiger partial charge < -0.3 is 24.5 Å². The summed E-state index contributed by atoms with van der Waals surface area (Å²) in [5.41, 5.74) is 14.1. The van der Waals surface area contributed by atoms with Gasteiger partial charge in [-0.1, -0.05) is 53.5 Å².